The molecule has 0 bridgehead atoms. The van der Waals surface area contributed by atoms with Gasteiger partial charge in [-0.3, -0.25) is 4.79 Å². The Kier molecular flexibility index (Phi) is 2.33. The van der Waals surface area contributed by atoms with Gasteiger partial charge in [-0.2, -0.15) is 0 Å². The molecule has 0 spiro atoms. The van der Waals surface area contributed by atoms with E-state index in [2.05, 4.69) is 30.9 Å². The van der Waals surface area contributed by atoms with Crippen LogP contribution in [0.2, 0.25) is 0 Å². The summed E-state index contributed by atoms with van der Waals surface area (Å²) in [5, 5.41) is 0.589. The number of nitrogens with zero attached hydrogens (tertiary/aromatic N) is 1. The van der Waals surface area contributed by atoms with Crippen molar-refractivity contribution in [2.24, 2.45) is 0 Å². The quantitative estimate of drug-likeness (QED) is 0.723. The summed E-state index contributed by atoms with van der Waals surface area (Å²) < 4.78 is 0.977. The molecule has 84 valence electrons. The highest BCUT2D eigenvalue weighted by Crippen LogP contribution is 2.27. The molecule has 3 rings (SSSR count). The SMILES string of the molecule is O=c1[nH]cnc2[nH]cc(-c3cccc(Br)c3)c12. The third kappa shape index (κ3) is 1.68. The molecule has 2 N–H and O–H groups in total. The van der Waals surface area contributed by atoms with Crippen molar-refractivity contribution < 1.29 is 0 Å². The molecule has 0 atom stereocenters. The summed E-state index contributed by atoms with van der Waals surface area (Å²) in [6, 6.07) is 7.80. The zero-order chi connectivity index (χ0) is 11.8. The van der Waals surface area contributed by atoms with Crippen molar-refractivity contribution in [1.29, 1.82) is 0 Å². The summed E-state index contributed by atoms with van der Waals surface area (Å²) in [5.74, 6) is 0. The first-order valence-electron chi connectivity index (χ1n) is 5.06. The first-order chi connectivity index (χ1) is 8.25. The van der Waals surface area contributed by atoms with Crippen LogP contribution in [0.15, 0.2) is 46.1 Å². The second kappa shape index (κ2) is 3.85. The Bertz CT molecular complexity index is 745. The van der Waals surface area contributed by atoms with Gasteiger partial charge in [-0.05, 0) is 17.7 Å². The highest BCUT2D eigenvalue weighted by atomic mass is 79.9. The minimum Gasteiger partial charge on any atom is -0.345 e. The Morgan fingerprint density at radius 1 is 1.24 bits per heavy atom. The number of nitrogens with one attached hydrogen (secondary N) is 2. The Labute approximate surface area is 105 Å². The number of hydrogen-bond donors (Lipinski definition) is 2. The van der Waals surface area contributed by atoms with Gasteiger partial charge in [0.05, 0.1) is 11.7 Å². The lowest BCUT2D eigenvalue weighted by molar-refractivity contribution is 1.16. The smallest absolute Gasteiger partial charge is 0.260 e. The van der Waals surface area contributed by atoms with Crippen molar-refractivity contribution in [3.05, 3.63) is 51.6 Å². The predicted molar refractivity (Wildman–Crippen MR) is 69.9 cm³/mol. The van der Waals surface area contributed by atoms with E-state index in [0.717, 1.165) is 15.6 Å². The van der Waals surface area contributed by atoms with Gasteiger partial charge in [0.15, 0.2) is 0 Å². The molecule has 0 aliphatic carbocycles. The molecular formula is C12H8BrN3O. The molecule has 0 radical (unpaired) electrons. The molecule has 0 saturated carbocycles. The number of aromatic amines is 2. The highest BCUT2D eigenvalue weighted by molar-refractivity contribution is 9.10. The van der Waals surface area contributed by atoms with Crippen LogP contribution in [0.4, 0.5) is 0 Å². The van der Waals surface area contributed by atoms with E-state index in [9.17, 15) is 4.79 Å². The molecule has 0 saturated heterocycles. The maximum absolute atomic E-state index is 11.8. The van der Waals surface area contributed by atoms with Crippen LogP contribution in [0, 0.1) is 0 Å². The number of aromatic nitrogens is 3. The van der Waals surface area contributed by atoms with Crippen LogP contribution in [0.5, 0.6) is 0 Å². The lowest BCUT2D eigenvalue weighted by atomic mass is 10.1. The van der Waals surface area contributed by atoms with Crippen molar-refractivity contribution in [3.8, 4) is 11.1 Å². The Morgan fingerprint density at radius 2 is 2.12 bits per heavy atom. The van der Waals surface area contributed by atoms with E-state index in [0.29, 0.717) is 11.0 Å². The third-order valence-electron chi connectivity index (χ3n) is 2.61. The molecule has 4 nitrogen and oxygen atoms in total. The molecule has 0 aliphatic heterocycles. The van der Waals surface area contributed by atoms with Gasteiger partial charge < -0.3 is 9.97 Å². The highest BCUT2D eigenvalue weighted by Gasteiger charge is 2.10. The van der Waals surface area contributed by atoms with Crippen LogP contribution in [0.25, 0.3) is 22.2 Å². The van der Waals surface area contributed by atoms with Crippen molar-refractivity contribution in [3.63, 3.8) is 0 Å². The van der Waals surface area contributed by atoms with E-state index in [-0.39, 0.29) is 5.56 Å². The van der Waals surface area contributed by atoms with E-state index in [1.54, 1.807) is 6.20 Å². The van der Waals surface area contributed by atoms with Gasteiger partial charge in [0.1, 0.15) is 5.65 Å². The Balaban J connectivity index is 2.35. The predicted octanol–water partition coefficient (Wildman–Crippen LogP) is 2.68. The average Bonchev–Trinajstić information content (AvgIpc) is 2.74. The maximum atomic E-state index is 11.8. The molecule has 0 unspecified atom stereocenters. The summed E-state index contributed by atoms with van der Waals surface area (Å²) >= 11 is 3.42. The summed E-state index contributed by atoms with van der Waals surface area (Å²) in [6.07, 6.45) is 3.19. The van der Waals surface area contributed by atoms with E-state index in [1.165, 1.54) is 6.33 Å². The average molecular weight is 290 g/mol. The molecule has 5 heteroatoms. The number of halogens is 1. The van der Waals surface area contributed by atoms with Gasteiger partial charge in [0, 0.05) is 16.2 Å². The number of hydrogen-bond acceptors (Lipinski definition) is 2. The summed E-state index contributed by atoms with van der Waals surface area (Å²) in [5.41, 5.74) is 2.30. The molecule has 3 aromatic rings. The van der Waals surface area contributed by atoms with Gasteiger partial charge >= 0.3 is 0 Å². The van der Waals surface area contributed by atoms with Gasteiger partial charge in [0.2, 0.25) is 0 Å². The van der Waals surface area contributed by atoms with Crippen LogP contribution in [-0.4, -0.2) is 15.0 Å². The minimum atomic E-state index is -0.133. The molecule has 1 aromatic carbocycles. The zero-order valence-corrected chi connectivity index (χ0v) is 10.3. The minimum absolute atomic E-state index is 0.133. The zero-order valence-electron chi connectivity index (χ0n) is 8.70. The molecule has 0 fully saturated rings. The molecular weight excluding hydrogens is 282 g/mol. The van der Waals surface area contributed by atoms with Crippen molar-refractivity contribution in [1.82, 2.24) is 15.0 Å². The molecule has 0 aliphatic rings. The van der Waals surface area contributed by atoms with E-state index in [4.69, 9.17) is 0 Å². The molecule has 17 heavy (non-hydrogen) atoms. The number of fused-ring (bicyclic) bond motifs is 1. The number of rotatable bonds is 1. The van der Waals surface area contributed by atoms with E-state index < -0.39 is 0 Å². The normalized spacial score (nSPS) is 10.9. The monoisotopic (exact) mass is 289 g/mol. The van der Waals surface area contributed by atoms with E-state index >= 15 is 0 Å². The molecule has 0 amide bonds. The first kappa shape index (κ1) is 10.3. The van der Waals surface area contributed by atoms with Crippen LogP contribution < -0.4 is 5.56 Å². The summed E-state index contributed by atoms with van der Waals surface area (Å²) in [4.78, 5) is 21.5. The van der Waals surface area contributed by atoms with Crippen LogP contribution >= 0.6 is 15.9 Å². The Morgan fingerprint density at radius 3 is 2.94 bits per heavy atom. The van der Waals surface area contributed by atoms with Gasteiger partial charge in [-0.25, -0.2) is 4.98 Å². The lowest BCUT2D eigenvalue weighted by Gasteiger charge is -1.99. The van der Waals surface area contributed by atoms with Crippen molar-refractivity contribution in [2.75, 3.05) is 0 Å². The largest absolute Gasteiger partial charge is 0.345 e. The third-order valence-corrected chi connectivity index (χ3v) is 3.10. The Hall–Kier alpha value is -1.88. The fourth-order valence-electron chi connectivity index (χ4n) is 1.86. The van der Waals surface area contributed by atoms with Crippen molar-refractivity contribution >= 4 is 27.0 Å². The fourth-order valence-corrected chi connectivity index (χ4v) is 2.25. The van der Waals surface area contributed by atoms with Crippen LogP contribution in [0.1, 0.15) is 0 Å². The molecule has 2 heterocycles. The fraction of sp³-hybridized carbons (Fsp3) is 0. The second-order valence-corrected chi connectivity index (χ2v) is 4.58. The second-order valence-electron chi connectivity index (χ2n) is 3.67. The number of H-pyrrole nitrogens is 2. The summed E-state index contributed by atoms with van der Waals surface area (Å²) in [7, 11) is 0. The van der Waals surface area contributed by atoms with Crippen LogP contribution in [0.3, 0.4) is 0 Å². The number of benzene rings is 1. The van der Waals surface area contributed by atoms with E-state index in [1.807, 2.05) is 24.3 Å². The molecule has 2 aromatic heterocycles. The van der Waals surface area contributed by atoms with Gasteiger partial charge in [-0.15, -0.1) is 0 Å². The van der Waals surface area contributed by atoms with Crippen LogP contribution in [-0.2, 0) is 0 Å². The first-order valence-corrected chi connectivity index (χ1v) is 5.86. The maximum Gasteiger partial charge on any atom is 0.260 e. The van der Waals surface area contributed by atoms with Gasteiger partial charge in [-0.1, -0.05) is 28.1 Å². The topological polar surface area (TPSA) is 61.5 Å². The van der Waals surface area contributed by atoms with Gasteiger partial charge in [0.25, 0.3) is 5.56 Å². The standard InChI is InChI=1S/C12H8BrN3O/c13-8-3-1-2-7(4-8)9-5-14-11-10(9)12(17)16-6-15-11/h1-6H,(H2,14,15,16,17). The van der Waals surface area contributed by atoms with Crippen molar-refractivity contribution in [2.45, 2.75) is 0 Å². The lowest BCUT2D eigenvalue weighted by Crippen LogP contribution is -2.05. The summed E-state index contributed by atoms with van der Waals surface area (Å²) in [6.45, 7) is 0.